The van der Waals surface area contributed by atoms with Crippen molar-refractivity contribution in [2.75, 3.05) is 24.6 Å². The number of nitrogens with one attached hydrogen (secondary N) is 1. The third kappa shape index (κ3) is 5.57. The zero-order chi connectivity index (χ0) is 24.2. The summed E-state index contributed by atoms with van der Waals surface area (Å²) in [5, 5.41) is 2.85. The molecule has 1 aromatic heterocycles. The molecule has 8 heteroatoms. The van der Waals surface area contributed by atoms with Gasteiger partial charge in [-0.3, -0.25) is 9.80 Å². The Bertz CT molecular complexity index is 1160. The molecule has 35 heavy (non-hydrogen) atoms. The summed E-state index contributed by atoms with van der Waals surface area (Å²) in [7, 11) is 0. The third-order valence-electron chi connectivity index (χ3n) is 6.65. The zero-order valence-electron chi connectivity index (χ0n) is 19.3. The third-order valence-corrected chi connectivity index (χ3v) is 7.39. The van der Waals surface area contributed by atoms with Crippen LogP contribution < -0.4 is 10.4 Å². The van der Waals surface area contributed by atoms with Crippen LogP contribution in [-0.4, -0.2) is 47.5 Å². The van der Waals surface area contributed by atoms with Crippen molar-refractivity contribution >= 4 is 34.8 Å². The van der Waals surface area contributed by atoms with E-state index in [-0.39, 0.29) is 18.1 Å². The Kier molecular flexibility index (Phi) is 7.44. The molecule has 0 saturated carbocycles. The van der Waals surface area contributed by atoms with E-state index in [4.69, 9.17) is 27.6 Å². The second kappa shape index (κ2) is 10.9. The van der Waals surface area contributed by atoms with Gasteiger partial charge < -0.3 is 14.2 Å². The Balaban J connectivity index is 1.26. The number of likely N-dealkylation sites (tertiary alicyclic amines) is 1. The average Bonchev–Trinajstić information content (AvgIpc) is 3.59. The number of rotatable bonds is 7. The minimum absolute atomic E-state index is 0.0940. The van der Waals surface area contributed by atoms with Gasteiger partial charge in [0, 0.05) is 31.9 Å². The highest BCUT2D eigenvalue weighted by molar-refractivity contribution is 6.42. The molecule has 2 aliphatic heterocycles. The fourth-order valence-corrected chi connectivity index (χ4v) is 5.04. The Labute approximate surface area is 215 Å². The second-order valence-electron chi connectivity index (χ2n) is 8.88. The molecule has 0 aliphatic carbocycles. The second-order valence-corrected chi connectivity index (χ2v) is 9.70. The van der Waals surface area contributed by atoms with E-state index < -0.39 is 0 Å². The summed E-state index contributed by atoms with van der Waals surface area (Å²) in [4.78, 5) is 17.9. The van der Waals surface area contributed by atoms with Crippen LogP contribution in [0.15, 0.2) is 83.6 Å². The number of furan rings is 1. The lowest BCUT2D eigenvalue weighted by molar-refractivity contribution is 0.0437. The van der Waals surface area contributed by atoms with E-state index >= 15 is 0 Å². The van der Waals surface area contributed by atoms with Gasteiger partial charge >= 0.3 is 0 Å². The molecule has 5 rings (SSSR count). The highest BCUT2D eigenvalue weighted by Crippen LogP contribution is 2.29. The predicted molar refractivity (Wildman–Crippen MR) is 139 cm³/mol. The van der Waals surface area contributed by atoms with Gasteiger partial charge in [-0.05, 0) is 61.2 Å². The molecule has 3 heterocycles. The van der Waals surface area contributed by atoms with Crippen molar-refractivity contribution in [3.63, 3.8) is 0 Å². The lowest BCUT2D eigenvalue weighted by Crippen LogP contribution is -2.56. The minimum Gasteiger partial charge on any atom is -0.459 e. The Hall–Kier alpha value is -2.77. The number of piperidine rings is 1. The van der Waals surface area contributed by atoms with Crippen LogP contribution in [0.4, 0.5) is 5.69 Å². The monoisotopic (exact) mass is 510 g/mol. The van der Waals surface area contributed by atoms with Crippen molar-refractivity contribution in [2.24, 2.45) is 0 Å². The molecule has 0 radical (unpaired) electrons. The SMILES string of the molecule is O=C(c1ccco1)N(C1CCN(CCc2ccccc2)CC1)C1C=CN(c2ccc(Cl)c(Cl)c2)N1. The topological polar surface area (TPSA) is 52.0 Å². The van der Waals surface area contributed by atoms with Crippen LogP contribution in [0.2, 0.25) is 10.0 Å². The molecule has 1 saturated heterocycles. The summed E-state index contributed by atoms with van der Waals surface area (Å²) in [5.41, 5.74) is 5.62. The molecular formula is C27H28Cl2N4O2. The lowest BCUT2D eigenvalue weighted by atomic mass is 10.0. The minimum atomic E-state index is -0.303. The number of anilines is 1. The van der Waals surface area contributed by atoms with Crippen LogP contribution >= 0.6 is 23.2 Å². The summed E-state index contributed by atoms with van der Waals surface area (Å²) in [6, 6.07) is 19.6. The molecule has 2 aliphatic rings. The van der Waals surface area contributed by atoms with E-state index in [0.29, 0.717) is 15.8 Å². The maximum absolute atomic E-state index is 13.5. The van der Waals surface area contributed by atoms with Crippen molar-refractivity contribution in [3.8, 4) is 0 Å². The molecule has 1 atom stereocenters. The van der Waals surface area contributed by atoms with Crippen molar-refractivity contribution in [1.82, 2.24) is 15.2 Å². The standard InChI is InChI=1S/C27H28Cl2N4O2/c28-23-9-8-22(19-24(23)29)32-17-13-26(30-32)33(27(34)25-7-4-18-35-25)21-11-15-31(16-12-21)14-10-20-5-2-1-3-6-20/h1-9,13,17-19,21,26,30H,10-12,14-16H2. The van der Waals surface area contributed by atoms with Gasteiger partial charge in [-0.1, -0.05) is 53.5 Å². The summed E-state index contributed by atoms with van der Waals surface area (Å²) in [6.45, 7) is 2.92. The van der Waals surface area contributed by atoms with Gasteiger partial charge in [0.15, 0.2) is 5.76 Å². The van der Waals surface area contributed by atoms with E-state index in [0.717, 1.165) is 44.6 Å². The van der Waals surface area contributed by atoms with Crippen LogP contribution in [0.5, 0.6) is 0 Å². The highest BCUT2D eigenvalue weighted by atomic mass is 35.5. The number of carbonyl (C=O) groups excluding carboxylic acids is 1. The molecule has 182 valence electrons. The number of nitrogens with zero attached hydrogens (tertiary/aromatic N) is 3. The molecule has 1 unspecified atom stereocenters. The number of hydrogen-bond donors (Lipinski definition) is 1. The van der Waals surface area contributed by atoms with Gasteiger partial charge in [0.2, 0.25) is 0 Å². The van der Waals surface area contributed by atoms with E-state index in [1.807, 2.05) is 34.3 Å². The molecule has 0 spiro atoms. The largest absolute Gasteiger partial charge is 0.459 e. The van der Waals surface area contributed by atoms with Crippen LogP contribution in [-0.2, 0) is 6.42 Å². The average molecular weight is 511 g/mol. The summed E-state index contributed by atoms with van der Waals surface area (Å²) in [5.74, 6) is 0.232. The quantitative estimate of drug-likeness (QED) is 0.448. The number of halogens is 2. The highest BCUT2D eigenvalue weighted by Gasteiger charge is 2.36. The van der Waals surface area contributed by atoms with Gasteiger partial charge in [-0.2, -0.15) is 0 Å². The van der Waals surface area contributed by atoms with Crippen molar-refractivity contribution in [3.05, 3.63) is 101 Å². The summed E-state index contributed by atoms with van der Waals surface area (Å²) < 4.78 is 5.48. The van der Waals surface area contributed by atoms with Crippen LogP contribution in [0.3, 0.4) is 0 Å². The van der Waals surface area contributed by atoms with Crippen molar-refractivity contribution in [2.45, 2.75) is 31.5 Å². The fourth-order valence-electron chi connectivity index (χ4n) is 4.75. The van der Waals surface area contributed by atoms with Gasteiger partial charge in [0.1, 0.15) is 6.17 Å². The molecular weight excluding hydrogens is 483 g/mol. The Morgan fingerprint density at radius 3 is 2.54 bits per heavy atom. The van der Waals surface area contributed by atoms with E-state index in [2.05, 4.69) is 34.6 Å². The first-order valence-corrected chi connectivity index (χ1v) is 12.7. The Morgan fingerprint density at radius 2 is 1.83 bits per heavy atom. The van der Waals surface area contributed by atoms with E-state index in [1.54, 1.807) is 24.3 Å². The molecule has 6 nitrogen and oxygen atoms in total. The van der Waals surface area contributed by atoms with Gasteiger partial charge in [-0.15, -0.1) is 0 Å². The number of hydrazine groups is 1. The number of hydrogen-bond acceptors (Lipinski definition) is 5. The van der Waals surface area contributed by atoms with Gasteiger partial charge in [0.05, 0.1) is 22.0 Å². The van der Waals surface area contributed by atoms with Crippen LogP contribution in [0.1, 0.15) is 29.0 Å². The summed E-state index contributed by atoms with van der Waals surface area (Å²) in [6.07, 6.45) is 7.99. The fraction of sp³-hybridized carbons (Fsp3) is 0.296. The smallest absolute Gasteiger partial charge is 0.291 e. The maximum atomic E-state index is 13.5. The Morgan fingerprint density at radius 1 is 1.03 bits per heavy atom. The molecule has 3 aromatic rings. The summed E-state index contributed by atoms with van der Waals surface area (Å²) >= 11 is 12.3. The first-order chi connectivity index (χ1) is 17.1. The lowest BCUT2D eigenvalue weighted by Gasteiger charge is -2.41. The first-order valence-electron chi connectivity index (χ1n) is 11.9. The predicted octanol–water partition coefficient (Wildman–Crippen LogP) is 5.60. The van der Waals surface area contributed by atoms with Crippen molar-refractivity contribution in [1.29, 1.82) is 0 Å². The number of carbonyl (C=O) groups is 1. The van der Waals surface area contributed by atoms with Crippen LogP contribution in [0, 0.1) is 0 Å². The molecule has 1 fully saturated rings. The van der Waals surface area contributed by atoms with E-state index in [9.17, 15) is 4.79 Å². The first kappa shape index (κ1) is 23.9. The molecule has 2 aromatic carbocycles. The molecule has 0 bridgehead atoms. The maximum Gasteiger partial charge on any atom is 0.291 e. The van der Waals surface area contributed by atoms with Crippen molar-refractivity contribution < 1.29 is 9.21 Å². The number of amides is 1. The van der Waals surface area contributed by atoms with Gasteiger partial charge in [-0.25, -0.2) is 5.43 Å². The van der Waals surface area contributed by atoms with Crippen LogP contribution in [0.25, 0.3) is 0 Å². The van der Waals surface area contributed by atoms with Gasteiger partial charge in [0.25, 0.3) is 5.91 Å². The normalized spacial score (nSPS) is 18.8. The molecule has 1 amide bonds. The number of benzene rings is 2. The van der Waals surface area contributed by atoms with E-state index in [1.165, 1.54) is 11.8 Å². The molecule has 1 N–H and O–H groups in total. The zero-order valence-corrected chi connectivity index (χ0v) is 20.8.